The highest BCUT2D eigenvalue weighted by atomic mass is 32.2. The number of amides is 1. The van der Waals surface area contributed by atoms with Gasteiger partial charge in [0.05, 0.1) is 10.5 Å². The lowest BCUT2D eigenvalue weighted by Crippen LogP contribution is -2.50. The van der Waals surface area contributed by atoms with E-state index < -0.39 is 44.8 Å². The Bertz CT molecular complexity index is 1290. The van der Waals surface area contributed by atoms with Gasteiger partial charge in [-0.15, -0.1) is 0 Å². The molecule has 0 aromatic heterocycles. The number of nitrogens with zero attached hydrogens (tertiary/aromatic N) is 2. The van der Waals surface area contributed by atoms with Gasteiger partial charge in [0.1, 0.15) is 0 Å². The average Bonchev–Trinajstić information content (AvgIpc) is 2.79. The molecule has 0 radical (unpaired) electrons. The zero-order valence-electron chi connectivity index (χ0n) is 16.0. The van der Waals surface area contributed by atoms with Gasteiger partial charge >= 0.3 is 0 Å². The summed E-state index contributed by atoms with van der Waals surface area (Å²) < 4.78 is 81.1. The van der Waals surface area contributed by atoms with Crippen molar-refractivity contribution in [2.75, 3.05) is 26.2 Å². The van der Waals surface area contributed by atoms with E-state index in [4.69, 9.17) is 0 Å². The highest BCUT2D eigenvalue weighted by Crippen LogP contribution is 2.24. The second kappa shape index (κ2) is 7.93. The fraction of sp³-hybridized carbons (Fsp3) is 0.190. The first kappa shape index (κ1) is 21.3. The maximum Gasteiger partial charge on any atom is 0.257 e. The molecular formula is C21H16F4N2O3S. The van der Waals surface area contributed by atoms with E-state index in [1.165, 1.54) is 10.4 Å². The molecule has 0 aliphatic carbocycles. The number of piperazine rings is 1. The van der Waals surface area contributed by atoms with Crippen LogP contribution in [-0.2, 0) is 10.0 Å². The molecule has 1 fully saturated rings. The van der Waals surface area contributed by atoms with Crippen molar-refractivity contribution in [3.05, 3.63) is 77.4 Å². The number of hydrogen-bond acceptors (Lipinski definition) is 3. The average molecular weight is 452 g/mol. The molecule has 3 aromatic rings. The Kier molecular flexibility index (Phi) is 5.44. The molecule has 1 aliphatic rings. The fourth-order valence-electron chi connectivity index (χ4n) is 3.51. The van der Waals surface area contributed by atoms with Crippen molar-refractivity contribution < 1.29 is 30.8 Å². The van der Waals surface area contributed by atoms with Crippen LogP contribution in [0.1, 0.15) is 10.4 Å². The van der Waals surface area contributed by atoms with Crippen molar-refractivity contribution >= 4 is 26.7 Å². The van der Waals surface area contributed by atoms with Crippen molar-refractivity contribution in [1.29, 1.82) is 0 Å². The van der Waals surface area contributed by atoms with Crippen molar-refractivity contribution in [3.63, 3.8) is 0 Å². The van der Waals surface area contributed by atoms with Gasteiger partial charge in [-0.25, -0.2) is 26.0 Å². The molecule has 4 rings (SSSR count). The monoisotopic (exact) mass is 452 g/mol. The summed E-state index contributed by atoms with van der Waals surface area (Å²) in [5.41, 5.74) is -0.942. The van der Waals surface area contributed by atoms with Crippen LogP contribution in [0.3, 0.4) is 0 Å². The molecule has 1 heterocycles. The highest BCUT2D eigenvalue weighted by Gasteiger charge is 2.32. The van der Waals surface area contributed by atoms with Crippen LogP contribution in [0.5, 0.6) is 0 Å². The number of fused-ring (bicyclic) bond motifs is 1. The third-order valence-electron chi connectivity index (χ3n) is 5.22. The summed E-state index contributed by atoms with van der Waals surface area (Å²) in [5, 5.41) is 1.64. The van der Waals surface area contributed by atoms with Crippen molar-refractivity contribution in [1.82, 2.24) is 9.21 Å². The van der Waals surface area contributed by atoms with E-state index in [9.17, 15) is 30.8 Å². The second-order valence-corrected chi connectivity index (χ2v) is 8.99. The molecule has 3 aromatic carbocycles. The van der Waals surface area contributed by atoms with Gasteiger partial charge < -0.3 is 4.90 Å². The lowest BCUT2D eigenvalue weighted by atomic mass is 10.1. The minimum absolute atomic E-state index is 0.0886. The fourth-order valence-corrected chi connectivity index (χ4v) is 4.97. The first-order valence-corrected chi connectivity index (χ1v) is 10.8. The van der Waals surface area contributed by atoms with E-state index in [0.29, 0.717) is 6.07 Å². The van der Waals surface area contributed by atoms with Crippen LogP contribution < -0.4 is 0 Å². The quantitative estimate of drug-likeness (QED) is 0.347. The third kappa shape index (κ3) is 3.77. The lowest BCUT2D eigenvalue weighted by Gasteiger charge is -2.34. The molecule has 10 heteroatoms. The van der Waals surface area contributed by atoms with Gasteiger partial charge in [0.15, 0.2) is 23.3 Å². The predicted octanol–water partition coefficient (Wildman–Crippen LogP) is 3.54. The summed E-state index contributed by atoms with van der Waals surface area (Å²) >= 11 is 0. The summed E-state index contributed by atoms with van der Waals surface area (Å²) in [6, 6.07) is 12.3. The lowest BCUT2D eigenvalue weighted by molar-refractivity contribution is 0.0691. The molecule has 0 unspecified atom stereocenters. The molecule has 0 spiro atoms. The zero-order chi connectivity index (χ0) is 22.3. The van der Waals surface area contributed by atoms with E-state index >= 15 is 0 Å². The smallest absolute Gasteiger partial charge is 0.257 e. The third-order valence-corrected chi connectivity index (χ3v) is 7.11. The summed E-state index contributed by atoms with van der Waals surface area (Å²) in [6.07, 6.45) is 0. The minimum atomic E-state index is -3.84. The van der Waals surface area contributed by atoms with Gasteiger partial charge in [-0.1, -0.05) is 30.3 Å². The first-order valence-electron chi connectivity index (χ1n) is 9.31. The second-order valence-electron chi connectivity index (χ2n) is 7.05. The van der Waals surface area contributed by atoms with E-state index in [-0.39, 0.29) is 31.1 Å². The largest absolute Gasteiger partial charge is 0.336 e. The molecule has 0 bridgehead atoms. The maximum atomic E-state index is 13.9. The molecule has 0 saturated carbocycles. The Morgan fingerprint density at radius 1 is 0.774 bits per heavy atom. The van der Waals surface area contributed by atoms with Gasteiger partial charge in [-0.05, 0) is 29.0 Å². The Hall–Kier alpha value is -2.98. The van der Waals surface area contributed by atoms with Crippen molar-refractivity contribution in [3.8, 4) is 0 Å². The highest BCUT2D eigenvalue weighted by molar-refractivity contribution is 7.89. The standard InChI is InChI=1S/C21H16F4N2O3S/c22-17-12-16(18(23)20(25)19(17)24)21(28)26-7-9-27(10-8-26)31(29,30)15-6-5-13-3-1-2-4-14(13)11-15/h1-6,11-12H,7-10H2. The SMILES string of the molecule is O=C(c1cc(F)c(F)c(F)c1F)N1CCN(S(=O)(=O)c2ccc3ccccc3c2)CC1. The van der Waals surface area contributed by atoms with Gasteiger partial charge in [0.25, 0.3) is 5.91 Å². The predicted molar refractivity (Wildman–Crippen MR) is 105 cm³/mol. The van der Waals surface area contributed by atoms with Crippen molar-refractivity contribution in [2.24, 2.45) is 0 Å². The normalized spacial score (nSPS) is 15.4. The summed E-state index contributed by atoms with van der Waals surface area (Å²) in [6.45, 7) is -0.416. The zero-order valence-corrected chi connectivity index (χ0v) is 16.8. The van der Waals surface area contributed by atoms with E-state index in [1.807, 2.05) is 12.1 Å². The maximum absolute atomic E-state index is 13.9. The molecule has 0 atom stereocenters. The van der Waals surface area contributed by atoms with Gasteiger partial charge in [0.2, 0.25) is 10.0 Å². The van der Waals surface area contributed by atoms with Crippen LogP contribution in [0, 0.1) is 23.3 Å². The van der Waals surface area contributed by atoms with Crippen LogP contribution >= 0.6 is 0 Å². The molecule has 1 saturated heterocycles. The van der Waals surface area contributed by atoms with Gasteiger partial charge in [-0.3, -0.25) is 4.79 Å². The Morgan fingerprint density at radius 2 is 1.42 bits per heavy atom. The molecular weight excluding hydrogens is 436 g/mol. The molecule has 1 amide bonds. The van der Waals surface area contributed by atoms with Crippen molar-refractivity contribution in [2.45, 2.75) is 4.90 Å². The molecule has 0 N–H and O–H groups in total. The molecule has 31 heavy (non-hydrogen) atoms. The van der Waals surface area contributed by atoms with Crippen LogP contribution in [0.15, 0.2) is 53.4 Å². The number of carbonyl (C=O) groups excluding carboxylic acids is 1. The Morgan fingerprint density at radius 3 is 2.10 bits per heavy atom. The van der Waals surface area contributed by atoms with Crippen LogP contribution in [0.2, 0.25) is 0 Å². The topological polar surface area (TPSA) is 57.7 Å². The number of benzene rings is 3. The van der Waals surface area contributed by atoms with Gasteiger partial charge in [0, 0.05) is 26.2 Å². The van der Waals surface area contributed by atoms with Crippen LogP contribution in [-0.4, -0.2) is 49.7 Å². The van der Waals surface area contributed by atoms with E-state index in [2.05, 4.69) is 0 Å². The van der Waals surface area contributed by atoms with E-state index in [0.717, 1.165) is 15.7 Å². The summed E-state index contributed by atoms with van der Waals surface area (Å²) in [5.74, 6) is -8.57. The van der Waals surface area contributed by atoms with Gasteiger partial charge in [-0.2, -0.15) is 4.31 Å². The minimum Gasteiger partial charge on any atom is -0.336 e. The number of halogens is 4. The summed E-state index contributed by atoms with van der Waals surface area (Å²) in [7, 11) is -3.84. The number of rotatable bonds is 3. The van der Waals surface area contributed by atoms with Crippen LogP contribution in [0.4, 0.5) is 17.6 Å². The number of carbonyl (C=O) groups is 1. The Balaban J connectivity index is 1.52. The number of hydrogen-bond donors (Lipinski definition) is 0. The van der Waals surface area contributed by atoms with E-state index in [1.54, 1.807) is 24.3 Å². The Labute approximate surface area is 175 Å². The molecule has 162 valence electrons. The number of sulfonamides is 1. The molecule has 5 nitrogen and oxygen atoms in total. The first-order chi connectivity index (χ1) is 14.7. The summed E-state index contributed by atoms with van der Waals surface area (Å²) in [4.78, 5) is 13.6. The van der Waals surface area contributed by atoms with Crippen LogP contribution in [0.25, 0.3) is 10.8 Å². The molecule has 1 aliphatic heterocycles.